The molecule has 0 bridgehead atoms. The smallest absolute Gasteiger partial charge is 0.220 e. The maximum Gasteiger partial charge on any atom is 0.220 e. The van der Waals surface area contributed by atoms with Gasteiger partial charge < -0.3 is 20.1 Å². The molecule has 1 saturated heterocycles. The van der Waals surface area contributed by atoms with Crippen molar-refractivity contribution in [1.29, 1.82) is 0 Å². The van der Waals surface area contributed by atoms with E-state index < -0.39 is 0 Å². The second kappa shape index (κ2) is 12.4. The van der Waals surface area contributed by atoms with Gasteiger partial charge in [0, 0.05) is 19.6 Å². The standard InChI is InChI=1S/C14H28N2O3.ClH/c1-12(11-19-10-9-18-2)16-14(17)4-3-13-5-7-15-8-6-13;/h12-13,15H,3-11H2,1-2H3,(H,16,17);1H. The first kappa shape index (κ1) is 19.6. The first-order valence-corrected chi connectivity index (χ1v) is 7.29. The number of nitrogens with one attached hydrogen (secondary N) is 2. The van der Waals surface area contributed by atoms with E-state index in [1.807, 2.05) is 6.92 Å². The fourth-order valence-corrected chi connectivity index (χ4v) is 2.30. The van der Waals surface area contributed by atoms with Crippen molar-refractivity contribution < 1.29 is 14.3 Å². The Labute approximate surface area is 128 Å². The number of rotatable bonds is 9. The number of halogens is 1. The van der Waals surface area contributed by atoms with Crippen LogP contribution < -0.4 is 10.6 Å². The third kappa shape index (κ3) is 9.53. The molecule has 1 amide bonds. The van der Waals surface area contributed by atoms with E-state index in [1.54, 1.807) is 7.11 Å². The zero-order chi connectivity index (χ0) is 13.9. The van der Waals surface area contributed by atoms with Gasteiger partial charge >= 0.3 is 0 Å². The maximum atomic E-state index is 11.8. The molecule has 1 atom stereocenters. The van der Waals surface area contributed by atoms with Gasteiger partial charge in [0.05, 0.1) is 19.8 Å². The van der Waals surface area contributed by atoms with Crippen LogP contribution in [-0.4, -0.2) is 52.0 Å². The quantitative estimate of drug-likeness (QED) is 0.631. The van der Waals surface area contributed by atoms with Crippen LogP contribution in [0, 0.1) is 5.92 Å². The van der Waals surface area contributed by atoms with Crippen molar-refractivity contribution in [3.8, 4) is 0 Å². The highest BCUT2D eigenvalue weighted by Gasteiger charge is 2.15. The van der Waals surface area contributed by atoms with Crippen LogP contribution in [-0.2, 0) is 14.3 Å². The zero-order valence-corrected chi connectivity index (χ0v) is 13.5. The van der Waals surface area contributed by atoms with Gasteiger partial charge in [-0.15, -0.1) is 12.4 Å². The maximum absolute atomic E-state index is 11.8. The summed E-state index contributed by atoms with van der Waals surface area (Å²) in [6.07, 6.45) is 4.03. The summed E-state index contributed by atoms with van der Waals surface area (Å²) in [5.41, 5.74) is 0. The molecule has 1 fully saturated rings. The Kier molecular flexibility index (Phi) is 12.2. The summed E-state index contributed by atoms with van der Waals surface area (Å²) in [6, 6.07) is 0.0670. The van der Waals surface area contributed by atoms with E-state index in [-0.39, 0.29) is 24.4 Å². The molecule has 20 heavy (non-hydrogen) atoms. The van der Waals surface area contributed by atoms with Gasteiger partial charge in [-0.25, -0.2) is 0 Å². The summed E-state index contributed by atoms with van der Waals surface area (Å²) in [6.45, 7) is 5.87. The summed E-state index contributed by atoms with van der Waals surface area (Å²) in [7, 11) is 1.65. The van der Waals surface area contributed by atoms with E-state index in [1.165, 1.54) is 12.8 Å². The monoisotopic (exact) mass is 308 g/mol. The summed E-state index contributed by atoms with van der Waals surface area (Å²) >= 11 is 0. The van der Waals surface area contributed by atoms with Gasteiger partial charge in [0.2, 0.25) is 5.91 Å². The van der Waals surface area contributed by atoms with E-state index in [9.17, 15) is 4.79 Å². The molecule has 1 aliphatic rings. The Hall–Kier alpha value is -0.360. The Bertz CT molecular complexity index is 249. The van der Waals surface area contributed by atoms with Crippen LogP contribution in [0.1, 0.15) is 32.6 Å². The molecule has 0 aromatic heterocycles. The normalized spacial score (nSPS) is 17.3. The number of carbonyl (C=O) groups excluding carboxylic acids is 1. The minimum absolute atomic E-state index is 0. The van der Waals surface area contributed by atoms with Crippen LogP contribution in [0.3, 0.4) is 0 Å². The van der Waals surface area contributed by atoms with Crippen molar-refractivity contribution in [3.05, 3.63) is 0 Å². The summed E-state index contributed by atoms with van der Waals surface area (Å²) < 4.78 is 10.3. The predicted octanol–water partition coefficient (Wildman–Crippen LogP) is 1.36. The lowest BCUT2D eigenvalue weighted by Gasteiger charge is -2.22. The number of methoxy groups -OCH3 is 1. The summed E-state index contributed by atoms with van der Waals surface area (Å²) in [5, 5.41) is 6.32. The third-order valence-corrected chi connectivity index (χ3v) is 3.45. The number of hydrogen-bond acceptors (Lipinski definition) is 4. The molecule has 0 aromatic carbocycles. The van der Waals surface area contributed by atoms with Crippen LogP contribution in [0.4, 0.5) is 0 Å². The highest BCUT2D eigenvalue weighted by atomic mass is 35.5. The number of piperidine rings is 1. The molecule has 0 radical (unpaired) electrons. The first-order chi connectivity index (χ1) is 9.22. The fraction of sp³-hybridized carbons (Fsp3) is 0.929. The second-order valence-corrected chi connectivity index (χ2v) is 5.27. The lowest BCUT2D eigenvalue weighted by Crippen LogP contribution is -2.36. The number of hydrogen-bond donors (Lipinski definition) is 2. The van der Waals surface area contributed by atoms with Gasteiger partial charge in [-0.2, -0.15) is 0 Å². The molecule has 1 aliphatic heterocycles. The summed E-state index contributed by atoms with van der Waals surface area (Å²) in [4.78, 5) is 11.8. The van der Waals surface area contributed by atoms with Crippen LogP contribution >= 0.6 is 12.4 Å². The van der Waals surface area contributed by atoms with Gasteiger partial charge in [0.1, 0.15) is 0 Å². The van der Waals surface area contributed by atoms with E-state index in [2.05, 4.69) is 10.6 Å². The molecule has 6 heteroatoms. The highest BCUT2D eigenvalue weighted by molar-refractivity contribution is 5.85. The van der Waals surface area contributed by atoms with Crippen molar-refractivity contribution in [2.24, 2.45) is 5.92 Å². The second-order valence-electron chi connectivity index (χ2n) is 5.27. The molecule has 1 unspecified atom stereocenters. The molecule has 0 spiro atoms. The van der Waals surface area contributed by atoms with Gasteiger partial charge in [-0.1, -0.05) is 0 Å². The van der Waals surface area contributed by atoms with Gasteiger partial charge in [0.25, 0.3) is 0 Å². The van der Waals surface area contributed by atoms with Crippen LogP contribution in [0.5, 0.6) is 0 Å². The van der Waals surface area contributed by atoms with E-state index in [0.29, 0.717) is 32.2 Å². The number of carbonyl (C=O) groups is 1. The molecule has 0 aromatic rings. The Morgan fingerprint density at radius 1 is 1.35 bits per heavy atom. The van der Waals surface area contributed by atoms with Crippen molar-refractivity contribution in [2.45, 2.75) is 38.6 Å². The lowest BCUT2D eigenvalue weighted by molar-refractivity contribution is -0.122. The largest absolute Gasteiger partial charge is 0.382 e. The van der Waals surface area contributed by atoms with Crippen molar-refractivity contribution in [1.82, 2.24) is 10.6 Å². The highest BCUT2D eigenvalue weighted by Crippen LogP contribution is 2.17. The SMILES string of the molecule is COCCOCC(C)NC(=O)CCC1CCNCC1.Cl. The van der Waals surface area contributed by atoms with E-state index in [4.69, 9.17) is 9.47 Å². The molecule has 120 valence electrons. The van der Waals surface area contributed by atoms with E-state index in [0.717, 1.165) is 19.5 Å². The Morgan fingerprint density at radius 2 is 2.05 bits per heavy atom. The molecule has 0 saturated carbocycles. The van der Waals surface area contributed by atoms with Crippen LogP contribution in [0.15, 0.2) is 0 Å². The molecular formula is C14H29ClN2O3. The molecule has 1 rings (SSSR count). The average molecular weight is 309 g/mol. The fourth-order valence-electron chi connectivity index (χ4n) is 2.30. The van der Waals surface area contributed by atoms with Crippen molar-refractivity contribution in [2.75, 3.05) is 40.0 Å². The number of amides is 1. The minimum Gasteiger partial charge on any atom is -0.382 e. The van der Waals surface area contributed by atoms with Crippen LogP contribution in [0.25, 0.3) is 0 Å². The molecule has 2 N–H and O–H groups in total. The molecule has 5 nitrogen and oxygen atoms in total. The van der Waals surface area contributed by atoms with Gasteiger partial charge in [0.15, 0.2) is 0 Å². The zero-order valence-electron chi connectivity index (χ0n) is 12.7. The Balaban J connectivity index is 0.00000361. The third-order valence-electron chi connectivity index (χ3n) is 3.45. The summed E-state index contributed by atoms with van der Waals surface area (Å²) in [5.74, 6) is 0.849. The minimum atomic E-state index is 0. The van der Waals surface area contributed by atoms with E-state index >= 15 is 0 Å². The first-order valence-electron chi connectivity index (χ1n) is 7.29. The molecular weight excluding hydrogens is 280 g/mol. The predicted molar refractivity (Wildman–Crippen MR) is 82.4 cm³/mol. The topological polar surface area (TPSA) is 59.6 Å². The van der Waals surface area contributed by atoms with Gasteiger partial charge in [-0.3, -0.25) is 4.79 Å². The average Bonchev–Trinajstić information content (AvgIpc) is 2.42. The lowest BCUT2D eigenvalue weighted by atomic mass is 9.93. The van der Waals surface area contributed by atoms with Crippen molar-refractivity contribution >= 4 is 18.3 Å². The van der Waals surface area contributed by atoms with Crippen LogP contribution in [0.2, 0.25) is 0 Å². The number of ether oxygens (including phenoxy) is 2. The molecule has 0 aliphatic carbocycles. The molecule has 1 heterocycles. The van der Waals surface area contributed by atoms with Gasteiger partial charge in [-0.05, 0) is 45.2 Å². The van der Waals surface area contributed by atoms with Crippen molar-refractivity contribution in [3.63, 3.8) is 0 Å². The Morgan fingerprint density at radius 3 is 2.70 bits per heavy atom.